The Bertz CT molecular complexity index is 1010. The topological polar surface area (TPSA) is 103 Å². The Balaban J connectivity index is 1.69. The first kappa shape index (κ1) is 18.1. The van der Waals surface area contributed by atoms with Crippen molar-refractivity contribution in [2.75, 3.05) is 0 Å². The molecule has 2 heterocycles. The van der Waals surface area contributed by atoms with Gasteiger partial charge in [-0.05, 0) is 11.6 Å². The number of nitrogens with one attached hydrogen (secondary N) is 1. The summed E-state index contributed by atoms with van der Waals surface area (Å²) in [4.78, 5) is 3.28. The highest BCUT2D eigenvalue weighted by Gasteiger charge is 2.38. The van der Waals surface area contributed by atoms with Gasteiger partial charge in [-0.2, -0.15) is 23.3 Å². The molecule has 1 N–H and O–H groups in total. The van der Waals surface area contributed by atoms with Gasteiger partial charge in [0.1, 0.15) is 0 Å². The second-order valence-corrected chi connectivity index (χ2v) is 6.98. The highest BCUT2D eigenvalue weighted by molar-refractivity contribution is 7.89. The maximum Gasteiger partial charge on any atom is 0.471 e. The molecule has 138 valence electrons. The van der Waals surface area contributed by atoms with Gasteiger partial charge >= 0.3 is 12.1 Å². The average molecular weight is 387 g/mol. The fraction of sp³-hybridized carbons (Fsp3) is 0.214. The molecule has 0 saturated heterocycles. The molecule has 0 spiro atoms. The van der Waals surface area contributed by atoms with E-state index in [1.54, 1.807) is 19.2 Å². The minimum absolute atomic E-state index is 0.0147. The number of halogens is 3. The third-order valence-corrected chi connectivity index (χ3v) is 4.60. The lowest BCUT2D eigenvalue weighted by Gasteiger charge is -2.05. The first-order valence-electron chi connectivity index (χ1n) is 7.15. The molecule has 3 aromatic rings. The zero-order valence-electron chi connectivity index (χ0n) is 13.2. The van der Waals surface area contributed by atoms with Crippen LogP contribution in [0.4, 0.5) is 13.2 Å². The van der Waals surface area contributed by atoms with Crippen molar-refractivity contribution >= 4 is 10.0 Å². The number of nitrogens with zero attached hydrogens (tertiary/aromatic N) is 4. The average Bonchev–Trinajstić information content (AvgIpc) is 3.22. The molecule has 3 rings (SSSR count). The van der Waals surface area contributed by atoms with E-state index in [9.17, 15) is 21.6 Å². The van der Waals surface area contributed by atoms with E-state index in [1.165, 1.54) is 29.1 Å². The van der Waals surface area contributed by atoms with E-state index < -0.39 is 22.1 Å². The van der Waals surface area contributed by atoms with E-state index in [1.807, 2.05) is 0 Å². The summed E-state index contributed by atoms with van der Waals surface area (Å²) in [6, 6.07) is 7.38. The minimum atomic E-state index is -4.71. The van der Waals surface area contributed by atoms with Crippen LogP contribution < -0.4 is 4.72 Å². The van der Waals surface area contributed by atoms with Crippen LogP contribution in [-0.4, -0.2) is 28.3 Å². The molecule has 0 aliphatic heterocycles. The Morgan fingerprint density at radius 1 is 1.19 bits per heavy atom. The minimum Gasteiger partial charge on any atom is -0.329 e. The van der Waals surface area contributed by atoms with E-state index in [0.29, 0.717) is 11.1 Å². The molecule has 0 aliphatic rings. The van der Waals surface area contributed by atoms with Crippen molar-refractivity contribution in [3.05, 3.63) is 48.0 Å². The third kappa shape index (κ3) is 3.91. The van der Waals surface area contributed by atoms with E-state index >= 15 is 0 Å². The highest BCUT2D eigenvalue weighted by atomic mass is 32.2. The van der Waals surface area contributed by atoms with Gasteiger partial charge in [0.05, 0.1) is 0 Å². The lowest BCUT2D eigenvalue weighted by molar-refractivity contribution is -0.159. The molecule has 0 aliphatic carbocycles. The third-order valence-electron chi connectivity index (χ3n) is 3.31. The molecule has 8 nitrogen and oxygen atoms in total. The van der Waals surface area contributed by atoms with Crippen molar-refractivity contribution < 1.29 is 26.1 Å². The second-order valence-electron chi connectivity index (χ2n) is 5.27. The van der Waals surface area contributed by atoms with Crippen molar-refractivity contribution in [2.45, 2.75) is 17.7 Å². The van der Waals surface area contributed by atoms with Gasteiger partial charge in [0.25, 0.3) is 10.0 Å². The van der Waals surface area contributed by atoms with E-state index in [2.05, 4.69) is 24.5 Å². The molecule has 0 amide bonds. The predicted molar refractivity (Wildman–Crippen MR) is 82.0 cm³/mol. The molecule has 26 heavy (non-hydrogen) atoms. The van der Waals surface area contributed by atoms with Gasteiger partial charge in [-0.1, -0.05) is 29.4 Å². The number of rotatable bonds is 5. The monoisotopic (exact) mass is 387 g/mol. The largest absolute Gasteiger partial charge is 0.471 e. The summed E-state index contributed by atoms with van der Waals surface area (Å²) in [5, 5.41) is 6.99. The lowest BCUT2D eigenvalue weighted by atomic mass is 10.1. The molecule has 0 atom stereocenters. The van der Waals surface area contributed by atoms with Crippen LogP contribution in [0.1, 0.15) is 11.5 Å². The van der Waals surface area contributed by atoms with Gasteiger partial charge in [-0.3, -0.25) is 4.68 Å². The standard InChI is InChI=1S/C14H12F3N5O3S/c1-22-7-6-11(20-22)26(23,24)18-8-9-2-4-10(5-3-9)12-19-13(25-21-12)14(15,16)17/h2-7,18H,8H2,1H3. The van der Waals surface area contributed by atoms with Crippen molar-refractivity contribution in [3.8, 4) is 11.4 Å². The van der Waals surface area contributed by atoms with E-state index in [-0.39, 0.29) is 17.4 Å². The van der Waals surface area contributed by atoms with Crippen LogP contribution >= 0.6 is 0 Å². The molecule has 0 saturated carbocycles. The van der Waals surface area contributed by atoms with Gasteiger partial charge in [0.15, 0.2) is 5.03 Å². The first-order valence-corrected chi connectivity index (χ1v) is 8.63. The molecular weight excluding hydrogens is 375 g/mol. The van der Waals surface area contributed by atoms with Crippen LogP contribution in [0.15, 0.2) is 46.1 Å². The zero-order valence-corrected chi connectivity index (χ0v) is 14.0. The summed E-state index contributed by atoms with van der Waals surface area (Å²) in [5.41, 5.74) is 0.897. The fourth-order valence-corrected chi connectivity index (χ4v) is 3.00. The summed E-state index contributed by atoms with van der Waals surface area (Å²) < 4.78 is 69.5. The van der Waals surface area contributed by atoms with Crippen LogP contribution in [0.5, 0.6) is 0 Å². The Morgan fingerprint density at radius 2 is 1.88 bits per heavy atom. The van der Waals surface area contributed by atoms with Crippen molar-refractivity contribution in [3.63, 3.8) is 0 Å². The Hall–Kier alpha value is -2.73. The molecule has 2 aromatic heterocycles. The van der Waals surface area contributed by atoms with Crippen LogP contribution in [0.2, 0.25) is 0 Å². The fourth-order valence-electron chi connectivity index (χ4n) is 2.02. The van der Waals surface area contributed by atoms with Gasteiger partial charge < -0.3 is 4.52 Å². The summed E-state index contributed by atoms with van der Waals surface area (Å²) in [7, 11) is -2.16. The number of aryl methyl sites for hydroxylation is 1. The normalized spacial score (nSPS) is 12.5. The molecule has 0 fully saturated rings. The maximum atomic E-state index is 12.5. The molecule has 0 radical (unpaired) electrons. The van der Waals surface area contributed by atoms with Gasteiger partial charge in [-0.15, -0.1) is 0 Å². The van der Waals surface area contributed by atoms with Crippen molar-refractivity contribution in [2.24, 2.45) is 7.05 Å². The molecule has 0 bridgehead atoms. The van der Waals surface area contributed by atoms with Crippen molar-refractivity contribution in [1.29, 1.82) is 0 Å². The number of aromatic nitrogens is 4. The summed E-state index contributed by atoms with van der Waals surface area (Å²) >= 11 is 0. The summed E-state index contributed by atoms with van der Waals surface area (Å²) in [6.45, 7) is -0.0147. The number of alkyl halides is 3. The number of benzene rings is 1. The Morgan fingerprint density at radius 3 is 2.42 bits per heavy atom. The number of sulfonamides is 1. The zero-order chi connectivity index (χ0) is 18.9. The first-order chi connectivity index (χ1) is 12.1. The van der Waals surface area contributed by atoms with Crippen LogP contribution in [0.3, 0.4) is 0 Å². The molecule has 1 aromatic carbocycles. The number of hydrogen-bond acceptors (Lipinski definition) is 6. The van der Waals surface area contributed by atoms with Gasteiger partial charge in [0, 0.05) is 25.4 Å². The molecular formula is C14H12F3N5O3S. The van der Waals surface area contributed by atoms with Crippen LogP contribution in [0, 0.1) is 0 Å². The quantitative estimate of drug-likeness (QED) is 0.718. The van der Waals surface area contributed by atoms with E-state index in [0.717, 1.165) is 0 Å². The Kier molecular flexibility index (Phi) is 4.54. The SMILES string of the molecule is Cn1ccc(S(=O)(=O)NCc2ccc(-c3noc(C(F)(F)F)n3)cc2)n1. The van der Waals surface area contributed by atoms with Crippen molar-refractivity contribution in [1.82, 2.24) is 24.6 Å². The predicted octanol–water partition coefficient (Wildman–Crippen LogP) is 1.97. The molecule has 0 unspecified atom stereocenters. The summed E-state index contributed by atoms with van der Waals surface area (Å²) in [6.07, 6.45) is -3.21. The van der Waals surface area contributed by atoms with Crippen LogP contribution in [-0.2, 0) is 29.8 Å². The number of hydrogen-bond donors (Lipinski definition) is 1. The Labute approximate surface area is 145 Å². The lowest BCUT2D eigenvalue weighted by Crippen LogP contribution is -2.23. The highest BCUT2D eigenvalue weighted by Crippen LogP contribution is 2.29. The molecule has 12 heteroatoms. The maximum absolute atomic E-state index is 12.5. The second kappa shape index (κ2) is 6.53. The van der Waals surface area contributed by atoms with Crippen LogP contribution in [0.25, 0.3) is 11.4 Å². The smallest absolute Gasteiger partial charge is 0.329 e. The van der Waals surface area contributed by atoms with Gasteiger partial charge in [-0.25, -0.2) is 13.1 Å². The summed E-state index contributed by atoms with van der Waals surface area (Å²) in [5.74, 6) is -1.64. The van der Waals surface area contributed by atoms with E-state index in [4.69, 9.17) is 0 Å². The van der Waals surface area contributed by atoms with Gasteiger partial charge in [0.2, 0.25) is 5.82 Å².